The lowest BCUT2D eigenvalue weighted by Crippen LogP contribution is -2.56. The number of ether oxygens (including phenoxy) is 1. The molecule has 0 radical (unpaired) electrons. The number of amides is 2. The van der Waals surface area contributed by atoms with Gasteiger partial charge in [-0.15, -0.1) is 0 Å². The molecule has 0 spiro atoms. The molecule has 4 heterocycles. The molecule has 13 heteroatoms. The van der Waals surface area contributed by atoms with Crippen molar-refractivity contribution in [2.45, 2.75) is 83.4 Å². The first-order valence-corrected chi connectivity index (χ1v) is 20.0. The highest BCUT2D eigenvalue weighted by Gasteiger charge is 2.44. The Morgan fingerprint density at radius 2 is 1.92 bits per heavy atom. The van der Waals surface area contributed by atoms with Gasteiger partial charge >= 0.3 is 0 Å². The molecule has 50 heavy (non-hydrogen) atoms. The second-order valence-corrected chi connectivity index (χ2v) is 19.6. The molecule has 2 aliphatic heterocycles. The molecule has 0 bridgehead atoms. The second-order valence-electron chi connectivity index (χ2n) is 14.8. The first-order valence-electron chi connectivity index (χ1n) is 17.1. The number of nitrogens with zero attached hydrogens (tertiary/aromatic N) is 4. The fourth-order valence-corrected chi connectivity index (χ4v) is 7.82. The standard InChI is InChI=1S/C37H47FN6O5Si/c1-23-17-24(15-16-39-23)34-28-18-25(11-13-31(28)41-42-34)35(45)40-26-12-14-32(43(19-26)21-29-30(38)9-8-10-33(29)47-5)36(46)44-20-27(22-48-44)49-50(6,7)37(2,3)4/h8-11,13,15-18,26-27,32H,12,14,19-22H2,1-7H3,(H,40,45)(H,41,42)/t26-,27?,32+/m0/s1. The maximum atomic E-state index is 15.2. The number of benzene rings is 2. The molecule has 11 nitrogen and oxygen atoms in total. The first kappa shape index (κ1) is 35.6. The van der Waals surface area contributed by atoms with Gasteiger partial charge < -0.3 is 14.5 Å². The lowest BCUT2D eigenvalue weighted by atomic mass is 9.95. The van der Waals surface area contributed by atoms with Gasteiger partial charge in [-0.2, -0.15) is 5.10 Å². The van der Waals surface area contributed by atoms with Crippen molar-refractivity contribution in [1.29, 1.82) is 0 Å². The Morgan fingerprint density at radius 1 is 1.12 bits per heavy atom. The van der Waals surface area contributed by atoms with Crippen molar-refractivity contribution in [3.8, 4) is 17.0 Å². The lowest BCUT2D eigenvalue weighted by molar-refractivity contribution is -0.176. The molecule has 0 aliphatic carbocycles. The van der Waals surface area contributed by atoms with Crippen molar-refractivity contribution in [1.82, 2.24) is 30.5 Å². The number of piperidine rings is 1. The van der Waals surface area contributed by atoms with Crippen LogP contribution in [0.1, 0.15) is 55.2 Å². The van der Waals surface area contributed by atoms with Crippen LogP contribution in [0.25, 0.3) is 22.2 Å². The van der Waals surface area contributed by atoms with E-state index in [-0.39, 0.29) is 35.5 Å². The van der Waals surface area contributed by atoms with Crippen LogP contribution in [-0.4, -0.2) is 90.3 Å². The van der Waals surface area contributed by atoms with Gasteiger partial charge in [0.15, 0.2) is 8.32 Å². The minimum absolute atomic E-state index is 0.0220. The van der Waals surface area contributed by atoms with E-state index in [2.05, 4.69) is 54.4 Å². The highest BCUT2D eigenvalue weighted by Crippen LogP contribution is 2.38. The molecular formula is C37H47FN6O5Si. The summed E-state index contributed by atoms with van der Waals surface area (Å²) >= 11 is 0. The Hall–Kier alpha value is -4.17. The number of carbonyl (C=O) groups is 2. The molecule has 3 atom stereocenters. The molecule has 2 saturated heterocycles. The van der Waals surface area contributed by atoms with Crippen LogP contribution < -0.4 is 10.1 Å². The van der Waals surface area contributed by atoms with E-state index < -0.39 is 20.2 Å². The van der Waals surface area contributed by atoms with Crippen LogP contribution in [0, 0.1) is 12.7 Å². The van der Waals surface area contributed by atoms with E-state index in [4.69, 9.17) is 14.0 Å². The summed E-state index contributed by atoms with van der Waals surface area (Å²) in [4.78, 5) is 39.9. The number of rotatable bonds is 9. The lowest BCUT2D eigenvalue weighted by Gasteiger charge is -2.40. The molecule has 2 amide bonds. The molecule has 0 saturated carbocycles. The number of methoxy groups -OCH3 is 1. The van der Waals surface area contributed by atoms with E-state index in [1.165, 1.54) is 18.2 Å². The molecule has 2 aromatic carbocycles. The summed E-state index contributed by atoms with van der Waals surface area (Å²) in [5.41, 5.74) is 4.18. The maximum Gasteiger partial charge on any atom is 0.263 e. The summed E-state index contributed by atoms with van der Waals surface area (Å²) < 4.78 is 27.3. The smallest absolute Gasteiger partial charge is 0.263 e. The van der Waals surface area contributed by atoms with Crippen LogP contribution in [0.5, 0.6) is 5.75 Å². The van der Waals surface area contributed by atoms with E-state index >= 15 is 4.39 Å². The molecule has 266 valence electrons. The minimum atomic E-state index is -2.07. The number of pyridine rings is 1. The molecule has 1 unspecified atom stereocenters. The van der Waals surface area contributed by atoms with Gasteiger partial charge in [0.2, 0.25) is 0 Å². The third-order valence-corrected chi connectivity index (χ3v) is 14.8. The molecule has 6 rings (SSSR count). The van der Waals surface area contributed by atoms with E-state index in [0.717, 1.165) is 27.9 Å². The van der Waals surface area contributed by atoms with Gasteiger partial charge in [-0.1, -0.05) is 26.8 Å². The predicted octanol–water partition coefficient (Wildman–Crippen LogP) is 6.01. The van der Waals surface area contributed by atoms with Crippen molar-refractivity contribution in [3.05, 3.63) is 77.4 Å². The Kier molecular flexibility index (Phi) is 10.1. The molecule has 2 fully saturated rings. The number of aromatic amines is 1. The number of hydrogen-bond acceptors (Lipinski definition) is 8. The minimum Gasteiger partial charge on any atom is -0.496 e. The predicted molar refractivity (Wildman–Crippen MR) is 191 cm³/mol. The summed E-state index contributed by atoms with van der Waals surface area (Å²) in [7, 11) is -0.575. The van der Waals surface area contributed by atoms with Crippen molar-refractivity contribution >= 4 is 31.0 Å². The number of carbonyl (C=O) groups excluding carboxylic acids is 2. The number of hydroxylamine groups is 2. The van der Waals surface area contributed by atoms with E-state index in [0.29, 0.717) is 49.4 Å². The fraction of sp³-hybridized carbons (Fsp3) is 0.459. The van der Waals surface area contributed by atoms with Crippen LogP contribution in [0.2, 0.25) is 18.1 Å². The zero-order valence-corrected chi connectivity index (χ0v) is 30.9. The number of halogens is 1. The highest BCUT2D eigenvalue weighted by molar-refractivity contribution is 6.74. The Balaban J connectivity index is 1.20. The third-order valence-electron chi connectivity index (χ3n) is 10.3. The average Bonchev–Trinajstić information content (AvgIpc) is 3.71. The Bertz CT molecular complexity index is 1880. The van der Waals surface area contributed by atoms with Crippen LogP contribution in [-0.2, 0) is 20.6 Å². The molecule has 2 aromatic heterocycles. The van der Waals surface area contributed by atoms with Gasteiger partial charge in [0.1, 0.15) is 23.9 Å². The monoisotopic (exact) mass is 702 g/mol. The largest absolute Gasteiger partial charge is 0.496 e. The van der Waals surface area contributed by atoms with Crippen LogP contribution in [0.15, 0.2) is 54.7 Å². The van der Waals surface area contributed by atoms with Gasteiger partial charge in [0, 0.05) is 53.1 Å². The number of H-pyrrole nitrogens is 1. The van der Waals surface area contributed by atoms with Crippen LogP contribution in [0.4, 0.5) is 4.39 Å². The van der Waals surface area contributed by atoms with Gasteiger partial charge in [-0.25, -0.2) is 9.45 Å². The van der Waals surface area contributed by atoms with Gasteiger partial charge in [0.25, 0.3) is 11.8 Å². The highest BCUT2D eigenvalue weighted by atomic mass is 28.4. The number of likely N-dealkylation sites (tertiary alicyclic amines) is 1. The van der Waals surface area contributed by atoms with Crippen molar-refractivity contribution in [3.63, 3.8) is 0 Å². The normalized spacial score (nSPS) is 20.3. The zero-order valence-electron chi connectivity index (χ0n) is 29.9. The van der Waals surface area contributed by atoms with Crippen molar-refractivity contribution < 1.29 is 28.0 Å². The van der Waals surface area contributed by atoms with E-state index in [1.54, 1.807) is 24.4 Å². The SMILES string of the molecule is COc1cccc(F)c1CN1C[C@@H](NC(=O)c2ccc3[nH]nc(-c4ccnc(C)c4)c3c2)CC[C@@H]1C(=O)N1CC(O[Si](C)(C)C(C)(C)C)CO1. The fourth-order valence-electron chi connectivity index (χ4n) is 6.49. The zero-order chi connectivity index (χ0) is 35.8. The van der Waals surface area contributed by atoms with Crippen LogP contribution in [0.3, 0.4) is 0 Å². The average molecular weight is 703 g/mol. The van der Waals surface area contributed by atoms with Gasteiger partial charge in [-0.3, -0.25) is 29.4 Å². The number of aryl methyl sites for hydroxylation is 1. The summed E-state index contributed by atoms with van der Waals surface area (Å²) in [6, 6.07) is 13.1. The third kappa shape index (κ3) is 7.46. The van der Waals surface area contributed by atoms with E-state index in [9.17, 15) is 9.59 Å². The topological polar surface area (TPSA) is 122 Å². The number of nitrogens with one attached hydrogen (secondary N) is 2. The summed E-state index contributed by atoms with van der Waals surface area (Å²) in [5, 5.41) is 13.0. The molecule has 2 aliphatic rings. The number of hydrogen-bond donors (Lipinski definition) is 2. The summed E-state index contributed by atoms with van der Waals surface area (Å²) in [5.74, 6) is -0.459. The maximum absolute atomic E-state index is 15.2. The van der Waals surface area contributed by atoms with Crippen molar-refractivity contribution in [2.24, 2.45) is 0 Å². The molecular weight excluding hydrogens is 656 g/mol. The number of aromatic nitrogens is 3. The Morgan fingerprint density at radius 3 is 2.66 bits per heavy atom. The number of fused-ring (bicyclic) bond motifs is 1. The summed E-state index contributed by atoms with van der Waals surface area (Å²) in [6.45, 7) is 13.9. The Labute approximate surface area is 293 Å². The van der Waals surface area contributed by atoms with E-state index in [1.807, 2.05) is 36.1 Å². The summed E-state index contributed by atoms with van der Waals surface area (Å²) in [6.07, 6.45) is 2.52. The quantitative estimate of drug-likeness (QED) is 0.204. The van der Waals surface area contributed by atoms with Crippen molar-refractivity contribution in [2.75, 3.05) is 26.8 Å². The molecule has 4 aromatic rings. The first-order chi connectivity index (χ1) is 23.7. The van der Waals surface area contributed by atoms with Crippen LogP contribution >= 0.6 is 0 Å². The molecule has 2 N–H and O–H groups in total. The van der Waals surface area contributed by atoms with Gasteiger partial charge in [-0.05, 0) is 80.4 Å². The van der Waals surface area contributed by atoms with Gasteiger partial charge in [0.05, 0.1) is 31.3 Å². The second kappa shape index (κ2) is 14.2.